The Balaban J connectivity index is 1.96. The molecule has 0 atom stereocenters. The summed E-state index contributed by atoms with van der Waals surface area (Å²) in [5, 5.41) is 0.492. The molecule has 0 unspecified atom stereocenters. The highest BCUT2D eigenvalue weighted by Crippen LogP contribution is 2.48. The summed E-state index contributed by atoms with van der Waals surface area (Å²) in [6, 6.07) is 11.8. The Labute approximate surface area is 168 Å². The molecule has 0 spiro atoms. The summed E-state index contributed by atoms with van der Waals surface area (Å²) in [4.78, 5) is 5.58. The molecule has 4 rings (SSSR count). The standard InChI is InChI=1S/C22H22N2O3S/c1-22(2)12-11-13-17(26-4)10-9-15(19(13)27-22)18-20(28-21(23)24-18)14-7-5-6-8-16(14)25-3/h5-12H,1-4H3,(H2,23,24). The van der Waals surface area contributed by atoms with Crippen molar-refractivity contribution in [1.29, 1.82) is 0 Å². The number of ether oxygens (including phenoxy) is 3. The number of nitrogens with two attached hydrogens (primary N) is 1. The van der Waals surface area contributed by atoms with Crippen LogP contribution in [0.15, 0.2) is 42.5 Å². The highest BCUT2D eigenvalue weighted by molar-refractivity contribution is 7.19. The van der Waals surface area contributed by atoms with Crippen LogP contribution in [0.3, 0.4) is 0 Å². The Morgan fingerprint density at radius 1 is 1.00 bits per heavy atom. The van der Waals surface area contributed by atoms with Crippen molar-refractivity contribution in [1.82, 2.24) is 4.98 Å². The second-order valence-electron chi connectivity index (χ2n) is 7.03. The smallest absolute Gasteiger partial charge is 0.181 e. The summed E-state index contributed by atoms with van der Waals surface area (Å²) in [7, 11) is 3.32. The maximum atomic E-state index is 6.33. The van der Waals surface area contributed by atoms with Crippen molar-refractivity contribution in [2.75, 3.05) is 20.0 Å². The molecular weight excluding hydrogens is 372 g/mol. The highest BCUT2D eigenvalue weighted by atomic mass is 32.1. The lowest BCUT2D eigenvalue weighted by Gasteiger charge is -2.30. The molecule has 28 heavy (non-hydrogen) atoms. The van der Waals surface area contributed by atoms with E-state index in [1.54, 1.807) is 14.2 Å². The normalized spacial score (nSPS) is 14.3. The number of hydrogen-bond donors (Lipinski definition) is 1. The second-order valence-corrected chi connectivity index (χ2v) is 8.06. The number of thiazole rings is 1. The van der Waals surface area contributed by atoms with E-state index < -0.39 is 5.60 Å². The minimum Gasteiger partial charge on any atom is -0.496 e. The van der Waals surface area contributed by atoms with Gasteiger partial charge in [0.2, 0.25) is 0 Å². The van der Waals surface area contributed by atoms with Gasteiger partial charge < -0.3 is 19.9 Å². The fourth-order valence-corrected chi connectivity index (χ4v) is 4.21. The summed E-state index contributed by atoms with van der Waals surface area (Å²) in [5.41, 5.74) is 9.19. The summed E-state index contributed by atoms with van der Waals surface area (Å²) in [6.45, 7) is 4.04. The van der Waals surface area contributed by atoms with Crippen LogP contribution in [-0.2, 0) is 0 Å². The summed E-state index contributed by atoms with van der Waals surface area (Å²) < 4.78 is 17.4. The average molecular weight is 394 g/mol. The van der Waals surface area contributed by atoms with Gasteiger partial charge in [-0.05, 0) is 50.3 Å². The van der Waals surface area contributed by atoms with E-state index in [0.717, 1.165) is 44.5 Å². The van der Waals surface area contributed by atoms with Gasteiger partial charge in [-0.1, -0.05) is 23.5 Å². The molecular formula is C22H22N2O3S. The van der Waals surface area contributed by atoms with E-state index in [1.807, 2.05) is 62.4 Å². The van der Waals surface area contributed by atoms with Gasteiger partial charge in [0.15, 0.2) is 5.13 Å². The first-order chi connectivity index (χ1) is 13.4. The summed E-state index contributed by atoms with van der Waals surface area (Å²) >= 11 is 1.43. The van der Waals surface area contributed by atoms with Gasteiger partial charge in [0.1, 0.15) is 22.8 Å². The predicted octanol–water partition coefficient (Wildman–Crippen LogP) is 5.26. The first kappa shape index (κ1) is 18.4. The molecule has 0 bridgehead atoms. The van der Waals surface area contributed by atoms with Crippen LogP contribution < -0.4 is 19.9 Å². The van der Waals surface area contributed by atoms with Crippen molar-refractivity contribution >= 4 is 22.5 Å². The van der Waals surface area contributed by atoms with Crippen LogP contribution in [0.5, 0.6) is 17.2 Å². The Morgan fingerprint density at radius 3 is 2.50 bits per heavy atom. The molecule has 6 heteroatoms. The lowest BCUT2D eigenvalue weighted by atomic mass is 9.96. The molecule has 0 fully saturated rings. The number of nitrogens with zero attached hydrogens (tertiary/aromatic N) is 1. The van der Waals surface area contributed by atoms with Crippen LogP contribution in [0.4, 0.5) is 5.13 Å². The van der Waals surface area contributed by atoms with Crippen molar-refractivity contribution in [2.24, 2.45) is 0 Å². The summed E-state index contributed by atoms with van der Waals surface area (Å²) in [5.74, 6) is 2.27. The van der Waals surface area contributed by atoms with Crippen LogP contribution >= 0.6 is 11.3 Å². The highest BCUT2D eigenvalue weighted by Gasteiger charge is 2.29. The Hall–Kier alpha value is -2.99. The maximum absolute atomic E-state index is 6.33. The van der Waals surface area contributed by atoms with Crippen LogP contribution in [0.1, 0.15) is 19.4 Å². The third-order valence-electron chi connectivity index (χ3n) is 4.64. The first-order valence-electron chi connectivity index (χ1n) is 8.93. The second kappa shape index (κ2) is 6.87. The van der Waals surface area contributed by atoms with Gasteiger partial charge >= 0.3 is 0 Å². The molecule has 3 aromatic rings. The molecule has 2 aromatic carbocycles. The van der Waals surface area contributed by atoms with Crippen LogP contribution in [0, 0.1) is 0 Å². The van der Waals surface area contributed by atoms with Gasteiger partial charge in [-0.15, -0.1) is 0 Å². The van der Waals surface area contributed by atoms with Gasteiger partial charge in [-0.2, -0.15) is 0 Å². The lowest BCUT2D eigenvalue weighted by Crippen LogP contribution is -2.28. The topological polar surface area (TPSA) is 66.6 Å². The lowest BCUT2D eigenvalue weighted by molar-refractivity contribution is 0.159. The van der Waals surface area contributed by atoms with E-state index in [9.17, 15) is 0 Å². The molecule has 0 amide bonds. The van der Waals surface area contributed by atoms with E-state index in [2.05, 4.69) is 4.98 Å². The molecule has 144 valence electrons. The molecule has 0 saturated heterocycles. The minimum absolute atomic E-state index is 0.430. The monoisotopic (exact) mass is 394 g/mol. The van der Waals surface area contributed by atoms with Gasteiger partial charge in [0, 0.05) is 11.1 Å². The fraction of sp³-hybridized carbons (Fsp3) is 0.227. The Kier molecular flexibility index (Phi) is 4.51. The van der Waals surface area contributed by atoms with E-state index in [1.165, 1.54) is 11.3 Å². The molecule has 0 saturated carbocycles. The minimum atomic E-state index is -0.430. The Bertz CT molecular complexity index is 1070. The Morgan fingerprint density at radius 2 is 1.75 bits per heavy atom. The van der Waals surface area contributed by atoms with Crippen molar-refractivity contribution in [3.63, 3.8) is 0 Å². The number of benzene rings is 2. The number of aromatic nitrogens is 1. The molecule has 1 aromatic heterocycles. The number of anilines is 1. The molecule has 1 aliphatic heterocycles. The molecule has 2 heterocycles. The molecule has 0 aliphatic carbocycles. The van der Waals surface area contributed by atoms with Gasteiger partial charge in [-0.3, -0.25) is 0 Å². The third kappa shape index (κ3) is 3.10. The van der Waals surface area contributed by atoms with E-state index in [-0.39, 0.29) is 0 Å². The van der Waals surface area contributed by atoms with E-state index >= 15 is 0 Å². The number of methoxy groups -OCH3 is 2. The fourth-order valence-electron chi connectivity index (χ4n) is 3.33. The average Bonchev–Trinajstić information content (AvgIpc) is 3.07. The SMILES string of the molecule is COc1ccccc1-c1sc(N)nc1-c1ccc(OC)c2c1OC(C)(C)C=C2. The van der Waals surface area contributed by atoms with Crippen molar-refractivity contribution in [3.05, 3.63) is 48.0 Å². The van der Waals surface area contributed by atoms with Crippen molar-refractivity contribution in [2.45, 2.75) is 19.4 Å². The van der Waals surface area contributed by atoms with E-state index in [0.29, 0.717) is 5.13 Å². The number of rotatable bonds is 4. The van der Waals surface area contributed by atoms with Crippen LogP contribution in [0.2, 0.25) is 0 Å². The number of nitrogen functional groups attached to an aromatic ring is 1. The van der Waals surface area contributed by atoms with Crippen LogP contribution in [-0.4, -0.2) is 24.8 Å². The number of hydrogen-bond acceptors (Lipinski definition) is 6. The largest absolute Gasteiger partial charge is 0.496 e. The van der Waals surface area contributed by atoms with Gasteiger partial charge in [-0.25, -0.2) is 4.98 Å². The molecule has 5 nitrogen and oxygen atoms in total. The van der Waals surface area contributed by atoms with Crippen molar-refractivity contribution in [3.8, 4) is 38.9 Å². The van der Waals surface area contributed by atoms with E-state index in [4.69, 9.17) is 19.9 Å². The third-order valence-corrected chi connectivity index (χ3v) is 5.56. The molecule has 0 radical (unpaired) electrons. The number of fused-ring (bicyclic) bond motifs is 1. The van der Waals surface area contributed by atoms with Crippen LogP contribution in [0.25, 0.3) is 27.8 Å². The molecule has 2 N–H and O–H groups in total. The summed E-state index contributed by atoms with van der Waals surface area (Å²) in [6.07, 6.45) is 4.07. The zero-order valence-electron chi connectivity index (χ0n) is 16.3. The van der Waals surface area contributed by atoms with Gasteiger partial charge in [0.05, 0.1) is 30.4 Å². The molecule has 1 aliphatic rings. The van der Waals surface area contributed by atoms with Gasteiger partial charge in [0.25, 0.3) is 0 Å². The zero-order valence-corrected chi connectivity index (χ0v) is 17.1. The van der Waals surface area contributed by atoms with Crippen molar-refractivity contribution < 1.29 is 14.2 Å². The maximum Gasteiger partial charge on any atom is 0.181 e. The first-order valence-corrected chi connectivity index (χ1v) is 9.74. The number of para-hydroxylation sites is 1. The zero-order chi connectivity index (χ0) is 19.9. The predicted molar refractivity (Wildman–Crippen MR) is 114 cm³/mol. The quantitative estimate of drug-likeness (QED) is 0.654.